The molecule has 0 radical (unpaired) electrons. The number of rotatable bonds is 10. The molecule has 3 atom stereocenters. The normalized spacial score (nSPS) is 19.9. The number of likely N-dealkylation sites (tertiary alicyclic amines) is 1. The topological polar surface area (TPSA) is 125 Å². The van der Waals surface area contributed by atoms with Crippen molar-refractivity contribution in [2.75, 3.05) is 6.54 Å². The van der Waals surface area contributed by atoms with E-state index >= 15 is 0 Å². The largest absolute Gasteiger partial charge is 0.480 e. The molecule has 9 heteroatoms. The first kappa shape index (κ1) is 29.5. The predicted octanol–water partition coefficient (Wildman–Crippen LogP) is 3.62. The van der Waals surface area contributed by atoms with Gasteiger partial charge in [0.2, 0.25) is 12.3 Å². The molecule has 0 aromatic carbocycles. The van der Waals surface area contributed by atoms with Gasteiger partial charge >= 0.3 is 12.1 Å². The van der Waals surface area contributed by atoms with E-state index in [4.69, 9.17) is 9.84 Å². The van der Waals surface area contributed by atoms with Gasteiger partial charge in [-0.15, -0.1) is 6.58 Å². The van der Waals surface area contributed by atoms with Crippen molar-refractivity contribution in [3.63, 3.8) is 0 Å². The number of nitrogens with zero attached hydrogens (tertiary/aromatic N) is 1. The van der Waals surface area contributed by atoms with Gasteiger partial charge in [0.05, 0.1) is 0 Å². The van der Waals surface area contributed by atoms with Crippen molar-refractivity contribution in [3.05, 3.63) is 12.7 Å². The van der Waals surface area contributed by atoms with Crippen molar-refractivity contribution in [2.45, 2.75) is 110 Å². The number of allylic oxidation sites excluding steroid dienone is 1. The molecule has 3 unspecified atom stereocenters. The maximum atomic E-state index is 12.8. The van der Waals surface area contributed by atoms with E-state index in [1.165, 1.54) is 0 Å². The molecular formula is C25H43N3O6. The van der Waals surface area contributed by atoms with Crippen molar-refractivity contribution in [2.24, 2.45) is 5.41 Å². The summed E-state index contributed by atoms with van der Waals surface area (Å²) in [6.45, 7) is 12.3. The summed E-state index contributed by atoms with van der Waals surface area (Å²) in [6, 6.07) is -1.05. The van der Waals surface area contributed by atoms with E-state index < -0.39 is 24.1 Å². The van der Waals surface area contributed by atoms with Crippen LogP contribution >= 0.6 is 0 Å². The minimum atomic E-state index is -0.994. The molecule has 3 amide bonds. The lowest BCUT2D eigenvalue weighted by molar-refractivity contribution is -0.140. The van der Waals surface area contributed by atoms with Gasteiger partial charge in [-0.05, 0) is 70.1 Å². The van der Waals surface area contributed by atoms with Crippen molar-refractivity contribution in [1.29, 1.82) is 0 Å². The lowest BCUT2D eigenvalue weighted by Crippen LogP contribution is -2.55. The highest BCUT2D eigenvalue weighted by Crippen LogP contribution is 2.26. The van der Waals surface area contributed by atoms with Gasteiger partial charge in [0.1, 0.15) is 18.2 Å². The zero-order chi connectivity index (χ0) is 25.7. The molecule has 9 nitrogen and oxygen atoms in total. The quantitative estimate of drug-likeness (QED) is 0.249. The molecule has 0 bridgehead atoms. The van der Waals surface area contributed by atoms with Crippen molar-refractivity contribution in [1.82, 2.24) is 15.5 Å². The summed E-state index contributed by atoms with van der Waals surface area (Å²) in [4.78, 5) is 47.3. The number of carbonyl (C=O) groups excluding carboxylic acids is 3. The van der Waals surface area contributed by atoms with Gasteiger partial charge in [-0.25, -0.2) is 9.59 Å². The first-order valence-corrected chi connectivity index (χ1v) is 12.3. The summed E-state index contributed by atoms with van der Waals surface area (Å²) in [5, 5.41) is 13.6. The average Bonchev–Trinajstić information content (AvgIpc) is 3.42. The van der Waals surface area contributed by atoms with Crippen LogP contribution in [0.3, 0.4) is 0 Å². The van der Waals surface area contributed by atoms with Crippen LogP contribution in [0.4, 0.5) is 4.79 Å². The number of carboxylic acids is 1. The number of hydrogen-bond donors (Lipinski definition) is 3. The van der Waals surface area contributed by atoms with Crippen LogP contribution in [0.1, 0.15) is 85.5 Å². The van der Waals surface area contributed by atoms with Gasteiger partial charge in [-0.2, -0.15) is 0 Å². The molecule has 0 aromatic heterocycles. The summed E-state index contributed by atoms with van der Waals surface area (Å²) in [6.07, 6.45) is 9.81. The average molecular weight is 482 g/mol. The monoisotopic (exact) mass is 481 g/mol. The Kier molecular flexibility index (Phi) is 12.7. The fraction of sp³-hybridized carbons (Fsp3) is 0.760. The summed E-state index contributed by atoms with van der Waals surface area (Å²) in [5.74, 6) is -0.980. The van der Waals surface area contributed by atoms with Crippen LogP contribution in [-0.4, -0.2) is 65.2 Å². The number of unbranched alkanes of at least 4 members (excludes halogenated alkanes) is 1. The molecule has 1 heterocycles. The molecule has 3 N–H and O–H groups in total. The molecule has 194 valence electrons. The standard InChI is InChI=1S/C17H30N2O3.C8H13NO3/c1-12-8-7-11-19(12)15(20)14(17(2,3)4)18-16(21)22-13-9-5-6-10-13;1-2-3-4-5-7(8(11)12)9-6-10/h12-14H,5-11H2,1-4H3,(H,18,21);2,6-7H,1,3-5H2,(H,9,10)(H,11,12). The zero-order valence-corrected chi connectivity index (χ0v) is 21.2. The fourth-order valence-corrected chi connectivity index (χ4v) is 4.21. The van der Waals surface area contributed by atoms with E-state index in [0.717, 1.165) is 57.9 Å². The van der Waals surface area contributed by atoms with E-state index in [0.29, 0.717) is 12.8 Å². The van der Waals surface area contributed by atoms with Gasteiger partial charge in [0, 0.05) is 12.6 Å². The van der Waals surface area contributed by atoms with E-state index in [1.54, 1.807) is 6.08 Å². The fourth-order valence-electron chi connectivity index (χ4n) is 4.21. The summed E-state index contributed by atoms with van der Waals surface area (Å²) >= 11 is 0. The van der Waals surface area contributed by atoms with Crippen molar-refractivity contribution in [3.8, 4) is 0 Å². The van der Waals surface area contributed by atoms with Crippen LogP contribution in [0.2, 0.25) is 0 Å². The van der Waals surface area contributed by atoms with Gasteiger partial charge in [0.25, 0.3) is 0 Å². The summed E-state index contributed by atoms with van der Waals surface area (Å²) in [7, 11) is 0. The Labute approximate surface area is 203 Å². The van der Waals surface area contributed by atoms with Crippen LogP contribution in [0.25, 0.3) is 0 Å². The van der Waals surface area contributed by atoms with E-state index in [-0.39, 0.29) is 23.5 Å². The molecule has 0 aromatic rings. The van der Waals surface area contributed by atoms with Crippen LogP contribution in [0, 0.1) is 5.41 Å². The highest BCUT2D eigenvalue weighted by atomic mass is 16.6. The number of alkyl carbamates (subject to hydrolysis) is 1. The van der Waals surface area contributed by atoms with Gasteiger partial charge in [0.15, 0.2) is 0 Å². The number of ether oxygens (including phenoxy) is 1. The number of carbonyl (C=O) groups is 4. The number of carboxylic acid groups (broad SMARTS) is 1. The Morgan fingerprint density at radius 1 is 1.18 bits per heavy atom. The molecule has 1 aliphatic heterocycles. The number of nitrogens with one attached hydrogen (secondary N) is 2. The minimum absolute atomic E-state index is 0.0147. The van der Waals surface area contributed by atoms with Gasteiger partial charge in [-0.1, -0.05) is 26.8 Å². The Hall–Kier alpha value is -2.58. The smallest absolute Gasteiger partial charge is 0.408 e. The molecule has 1 saturated heterocycles. The second-order valence-corrected chi connectivity index (χ2v) is 10.2. The zero-order valence-electron chi connectivity index (χ0n) is 21.2. The molecule has 0 spiro atoms. The van der Waals surface area contributed by atoms with Crippen LogP contribution in [-0.2, 0) is 19.1 Å². The Balaban J connectivity index is 0.000000411. The van der Waals surface area contributed by atoms with Crippen LogP contribution in [0.15, 0.2) is 12.7 Å². The van der Waals surface area contributed by atoms with Crippen LogP contribution in [0.5, 0.6) is 0 Å². The molecular weight excluding hydrogens is 438 g/mol. The third-order valence-electron chi connectivity index (χ3n) is 6.26. The summed E-state index contributed by atoms with van der Waals surface area (Å²) in [5.41, 5.74) is -0.339. The van der Waals surface area contributed by atoms with Crippen LogP contribution < -0.4 is 10.6 Å². The number of aliphatic carboxylic acids is 1. The molecule has 2 rings (SSSR count). The van der Waals surface area contributed by atoms with Gasteiger partial charge < -0.3 is 25.4 Å². The lowest BCUT2D eigenvalue weighted by Gasteiger charge is -2.35. The van der Waals surface area contributed by atoms with E-state index in [2.05, 4.69) is 24.1 Å². The van der Waals surface area contributed by atoms with Crippen molar-refractivity contribution < 1.29 is 29.0 Å². The molecule has 2 aliphatic rings. The highest BCUT2D eigenvalue weighted by molar-refractivity contribution is 5.87. The Morgan fingerprint density at radius 2 is 1.82 bits per heavy atom. The van der Waals surface area contributed by atoms with E-state index in [9.17, 15) is 19.2 Å². The SMILES string of the molecule is C=CCCCC(NC=O)C(=O)O.CC1CCCN1C(=O)C(NC(=O)OC1CCCC1)C(C)(C)C. The molecule has 2 fully saturated rings. The van der Waals surface area contributed by atoms with Gasteiger partial charge in [-0.3, -0.25) is 9.59 Å². The maximum Gasteiger partial charge on any atom is 0.408 e. The van der Waals surface area contributed by atoms with E-state index in [1.807, 2.05) is 25.7 Å². The molecule has 1 aliphatic carbocycles. The lowest BCUT2D eigenvalue weighted by atomic mass is 9.85. The first-order valence-electron chi connectivity index (χ1n) is 12.3. The first-order chi connectivity index (χ1) is 16.0. The minimum Gasteiger partial charge on any atom is -0.480 e. The second kappa shape index (κ2) is 14.6. The second-order valence-electron chi connectivity index (χ2n) is 10.2. The third kappa shape index (κ3) is 10.1. The maximum absolute atomic E-state index is 12.8. The predicted molar refractivity (Wildman–Crippen MR) is 130 cm³/mol. The Bertz CT molecular complexity index is 685. The number of amides is 3. The molecule has 1 saturated carbocycles. The summed E-state index contributed by atoms with van der Waals surface area (Å²) < 4.78 is 5.46. The molecule has 34 heavy (non-hydrogen) atoms. The number of hydrogen-bond acceptors (Lipinski definition) is 5. The highest BCUT2D eigenvalue weighted by Gasteiger charge is 2.39. The Morgan fingerprint density at radius 3 is 2.29 bits per heavy atom. The van der Waals surface area contributed by atoms with Crippen molar-refractivity contribution >= 4 is 24.4 Å². The third-order valence-corrected chi connectivity index (χ3v) is 6.26.